The van der Waals surface area contributed by atoms with Gasteiger partial charge in [0.25, 0.3) is 0 Å². The number of benzene rings is 2. The van der Waals surface area contributed by atoms with E-state index in [1.165, 1.54) is 18.4 Å². The van der Waals surface area contributed by atoms with Crippen molar-refractivity contribution in [3.05, 3.63) is 95.6 Å². The number of nitrogens with zero attached hydrogens (tertiary/aromatic N) is 1. The first-order valence-corrected chi connectivity index (χ1v) is 11.3. The van der Waals surface area contributed by atoms with Gasteiger partial charge in [-0.1, -0.05) is 97.8 Å². The standard InChI is InChI=1S/C28H32N2/c1-22-10-8-11-23(18-22)20-30-27-17-9-16-26(19-27)28(21-29,24-12-4-2-5-13-24)25-14-6-3-7-15-25/h2-8,10-15,22,26-27,30H,9,16-20H2,1H3. The van der Waals surface area contributed by atoms with E-state index in [2.05, 4.69) is 85.1 Å². The van der Waals surface area contributed by atoms with Crippen LogP contribution in [-0.2, 0) is 5.41 Å². The number of nitriles is 1. The third kappa shape index (κ3) is 4.27. The van der Waals surface area contributed by atoms with Crippen LogP contribution in [0.1, 0.15) is 50.2 Å². The minimum absolute atomic E-state index is 0.303. The second kappa shape index (κ2) is 9.45. The van der Waals surface area contributed by atoms with Gasteiger partial charge >= 0.3 is 0 Å². The molecule has 30 heavy (non-hydrogen) atoms. The predicted octanol–water partition coefficient (Wildman–Crippen LogP) is 6.17. The summed E-state index contributed by atoms with van der Waals surface area (Å²) in [6, 6.07) is 24.1. The van der Waals surface area contributed by atoms with Gasteiger partial charge in [0, 0.05) is 12.6 Å². The van der Waals surface area contributed by atoms with Crippen LogP contribution in [0.4, 0.5) is 0 Å². The monoisotopic (exact) mass is 396 g/mol. The minimum Gasteiger partial charge on any atom is -0.310 e. The largest absolute Gasteiger partial charge is 0.310 e. The van der Waals surface area contributed by atoms with Gasteiger partial charge in [0.1, 0.15) is 5.41 Å². The summed E-state index contributed by atoms with van der Waals surface area (Å²) in [4.78, 5) is 0. The maximum absolute atomic E-state index is 10.6. The molecule has 0 saturated heterocycles. The van der Waals surface area contributed by atoms with Crippen molar-refractivity contribution in [1.82, 2.24) is 5.32 Å². The molecule has 3 atom stereocenters. The highest BCUT2D eigenvalue weighted by molar-refractivity contribution is 5.47. The van der Waals surface area contributed by atoms with E-state index in [9.17, 15) is 5.26 Å². The van der Waals surface area contributed by atoms with Gasteiger partial charge in [0.15, 0.2) is 0 Å². The van der Waals surface area contributed by atoms with Crippen LogP contribution in [0.25, 0.3) is 0 Å². The third-order valence-electron chi connectivity index (χ3n) is 6.89. The lowest BCUT2D eigenvalue weighted by molar-refractivity contribution is 0.237. The molecule has 0 aromatic heterocycles. The Hall–Kier alpha value is -2.63. The van der Waals surface area contributed by atoms with E-state index in [4.69, 9.17) is 0 Å². The number of nitrogens with one attached hydrogen (secondary N) is 1. The SMILES string of the molecule is CC1C=CC=C(CNC2CCCC(C(C#N)(c3ccccc3)c3ccccc3)C2)C1. The maximum Gasteiger partial charge on any atom is 0.110 e. The lowest BCUT2D eigenvalue weighted by atomic mass is 9.61. The highest BCUT2D eigenvalue weighted by atomic mass is 14.9. The van der Waals surface area contributed by atoms with Gasteiger partial charge < -0.3 is 5.32 Å². The summed E-state index contributed by atoms with van der Waals surface area (Å²) in [5, 5.41) is 14.4. The van der Waals surface area contributed by atoms with E-state index >= 15 is 0 Å². The minimum atomic E-state index is -0.593. The highest BCUT2D eigenvalue weighted by Gasteiger charge is 2.44. The van der Waals surface area contributed by atoms with Crippen LogP contribution in [0.2, 0.25) is 0 Å². The Kier molecular flexibility index (Phi) is 6.50. The molecule has 0 spiro atoms. The van der Waals surface area contributed by atoms with Crippen molar-refractivity contribution in [3.8, 4) is 6.07 Å². The van der Waals surface area contributed by atoms with E-state index in [1.807, 2.05) is 12.1 Å². The average molecular weight is 397 g/mol. The number of rotatable bonds is 6. The highest BCUT2D eigenvalue weighted by Crippen LogP contribution is 2.45. The molecule has 154 valence electrons. The first-order chi connectivity index (χ1) is 14.7. The summed E-state index contributed by atoms with van der Waals surface area (Å²) in [5.41, 5.74) is 3.14. The first kappa shape index (κ1) is 20.6. The smallest absolute Gasteiger partial charge is 0.110 e. The van der Waals surface area contributed by atoms with Crippen molar-refractivity contribution in [2.45, 2.75) is 50.5 Å². The molecular weight excluding hydrogens is 364 g/mol. The first-order valence-electron chi connectivity index (χ1n) is 11.3. The second-order valence-corrected chi connectivity index (χ2v) is 8.98. The summed E-state index contributed by atoms with van der Waals surface area (Å²) in [6.07, 6.45) is 12.4. The van der Waals surface area contributed by atoms with E-state index in [1.54, 1.807) is 0 Å². The molecule has 2 aliphatic carbocycles. The molecule has 3 unspecified atom stereocenters. The molecule has 0 radical (unpaired) electrons. The zero-order chi connectivity index (χ0) is 20.8. The van der Waals surface area contributed by atoms with Gasteiger partial charge in [-0.05, 0) is 48.6 Å². The van der Waals surface area contributed by atoms with Gasteiger partial charge in [0.2, 0.25) is 0 Å². The lowest BCUT2D eigenvalue weighted by Gasteiger charge is -2.41. The second-order valence-electron chi connectivity index (χ2n) is 8.98. The van der Waals surface area contributed by atoms with Crippen LogP contribution >= 0.6 is 0 Å². The van der Waals surface area contributed by atoms with Crippen molar-refractivity contribution >= 4 is 0 Å². The topological polar surface area (TPSA) is 35.8 Å². The zero-order valence-corrected chi connectivity index (χ0v) is 17.9. The third-order valence-corrected chi connectivity index (χ3v) is 6.89. The molecule has 0 heterocycles. The number of hydrogen-bond acceptors (Lipinski definition) is 2. The Morgan fingerprint density at radius 1 is 1.00 bits per heavy atom. The molecular formula is C28H32N2. The van der Waals surface area contributed by atoms with Gasteiger partial charge in [-0.3, -0.25) is 0 Å². The Morgan fingerprint density at radius 3 is 2.27 bits per heavy atom. The summed E-state index contributed by atoms with van der Waals surface area (Å²) in [6.45, 7) is 3.24. The predicted molar refractivity (Wildman–Crippen MR) is 124 cm³/mol. The molecule has 2 nitrogen and oxygen atoms in total. The normalized spacial score (nSPS) is 24.1. The molecule has 1 fully saturated rings. The Morgan fingerprint density at radius 2 is 1.67 bits per heavy atom. The van der Waals surface area contributed by atoms with E-state index in [0.717, 1.165) is 36.9 Å². The Bertz CT molecular complexity index is 881. The average Bonchev–Trinajstić information content (AvgIpc) is 2.81. The van der Waals surface area contributed by atoms with Crippen LogP contribution in [0, 0.1) is 23.2 Å². The van der Waals surface area contributed by atoms with Crippen molar-refractivity contribution in [2.75, 3.05) is 6.54 Å². The molecule has 4 rings (SSSR count). The van der Waals surface area contributed by atoms with Crippen LogP contribution in [-0.4, -0.2) is 12.6 Å². The summed E-state index contributed by atoms with van der Waals surface area (Å²) < 4.78 is 0. The van der Waals surface area contributed by atoms with Crippen LogP contribution in [0.3, 0.4) is 0 Å². The van der Waals surface area contributed by atoms with E-state index in [0.29, 0.717) is 17.9 Å². The molecule has 1 saturated carbocycles. The quantitative estimate of drug-likeness (QED) is 0.634. The summed E-state index contributed by atoms with van der Waals surface area (Å²) in [7, 11) is 0. The Balaban J connectivity index is 1.58. The van der Waals surface area contributed by atoms with Crippen molar-refractivity contribution in [2.24, 2.45) is 11.8 Å². The molecule has 2 aromatic rings. The van der Waals surface area contributed by atoms with Crippen molar-refractivity contribution in [1.29, 1.82) is 5.26 Å². The fourth-order valence-corrected chi connectivity index (χ4v) is 5.37. The summed E-state index contributed by atoms with van der Waals surface area (Å²) >= 11 is 0. The van der Waals surface area contributed by atoms with Gasteiger partial charge in [-0.2, -0.15) is 5.26 Å². The van der Waals surface area contributed by atoms with Crippen LogP contribution < -0.4 is 5.32 Å². The Labute approximate surface area is 181 Å². The zero-order valence-electron chi connectivity index (χ0n) is 17.9. The van der Waals surface area contributed by atoms with Gasteiger partial charge in [-0.15, -0.1) is 0 Å². The molecule has 0 aliphatic heterocycles. The van der Waals surface area contributed by atoms with Crippen molar-refractivity contribution < 1.29 is 0 Å². The molecule has 2 aromatic carbocycles. The van der Waals surface area contributed by atoms with E-state index < -0.39 is 5.41 Å². The lowest BCUT2D eigenvalue weighted by Crippen LogP contribution is -2.43. The molecule has 2 aliphatic rings. The van der Waals surface area contributed by atoms with Crippen LogP contribution in [0.5, 0.6) is 0 Å². The fourth-order valence-electron chi connectivity index (χ4n) is 5.37. The van der Waals surface area contributed by atoms with Gasteiger partial charge in [-0.25, -0.2) is 0 Å². The summed E-state index contributed by atoms with van der Waals surface area (Å²) in [5.74, 6) is 0.936. The fraction of sp³-hybridized carbons (Fsp3) is 0.393. The molecule has 1 N–H and O–H groups in total. The van der Waals surface area contributed by atoms with E-state index in [-0.39, 0.29) is 0 Å². The van der Waals surface area contributed by atoms with Crippen molar-refractivity contribution in [3.63, 3.8) is 0 Å². The molecule has 0 bridgehead atoms. The maximum atomic E-state index is 10.6. The molecule has 2 heteroatoms. The molecule has 0 amide bonds. The van der Waals surface area contributed by atoms with Gasteiger partial charge in [0.05, 0.1) is 6.07 Å². The van der Waals surface area contributed by atoms with Crippen LogP contribution in [0.15, 0.2) is 84.5 Å². The number of hydrogen-bond donors (Lipinski definition) is 1. The number of allylic oxidation sites excluding steroid dienone is 3.